The van der Waals surface area contributed by atoms with Crippen LogP contribution >= 0.6 is 0 Å². The number of aromatic amines is 1. The predicted molar refractivity (Wildman–Crippen MR) is 136 cm³/mol. The van der Waals surface area contributed by atoms with Gasteiger partial charge >= 0.3 is 0 Å². The van der Waals surface area contributed by atoms with E-state index in [9.17, 15) is 22.8 Å². The Morgan fingerprint density at radius 1 is 1.23 bits per heavy atom. The average molecular weight is 546 g/mol. The molecule has 3 heterocycles. The second-order valence-corrected chi connectivity index (χ2v) is 10.0. The summed E-state index contributed by atoms with van der Waals surface area (Å²) in [6.07, 6.45) is -0.499. The highest BCUT2D eigenvalue weighted by atomic mass is 19.3. The number of fused-ring (bicyclic) bond motifs is 1. The van der Waals surface area contributed by atoms with Crippen molar-refractivity contribution in [2.45, 2.75) is 44.8 Å². The monoisotopic (exact) mass is 545 g/mol. The number of hydrogen-bond acceptors (Lipinski definition) is 6. The topological polar surface area (TPSA) is 109 Å². The highest BCUT2D eigenvalue weighted by molar-refractivity contribution is 6.09. The number of carbonyl (C=O) groups excluding carboxylic acids is 2. The van der Waals surface area contributed by atoms with Crippen molar-refractivity contribution in [2.75, 3.05) is 33.4 Å². The molecule has 0 radical (unpaired) electrons. The van der Waals surface area contributed by atoms with Crippen LogP contribution in [0.4, 0.5) is 13.2 Å². The van der Waals surface area contributed by atoms with Crippen LogP contribution in [-0.2, 0) is 9.53 Å². The molecule has 1 aromatic carbocycles. The van der Waals surface area contributed by atoms with Crippen LogP contribution in [0.3, 0.4) is 0 Å². The van der Waals surface area contributed by atoms with Crippen molar-refractivity contribution in [1.29, 1.82) is 0 Å². The summed E-state index contributed by atoms with van der Waals surface area (Å²) in [4.78, 5) is 38.5. The molecular weight excluding hydrogens is 515 g/mol. The number of nitrogens with zero attached hydrogens (tertiary/aromatic N) is 3. The number of rotatable bonds is 9. The summed E-state index contributed by atoms with van der Waals surface area (Å²) in [6.45, 7) is 2.17. The highest BCUT2D eigenvalue weighted by Gasteiger charge is 2.34. The number of alkyl halides is 3. The summed E-state index contributed by atoms with van der Waals surface area (Å²) in [5.74, 6) is 0.0299. The lowest BCUT2D eigenvalue weighted by molar-refractivity contribution is -0.137. The molecule has 1 saturated heterocycles. The maximum absolute atomic E-state index is 14.9. The largest absolute Gasteiger partial charge is 0.493 e. The molecule has 2 aliphatic rings. The number of nitrogens with one attached hydrogen (secondary N) is 2. The Balaban J connectivity index is 1.42. The van der Waals surface area contributed by atoms with Gasteiger partial charge in [0.05, 0.1) is 30.3 Å². The summed E-state index contributed by atoms with van der Waals surface area (Å²) in [5.41, 5.74) is 1.87. The molecule has 1 aliphatic carbocycles. The Hall–Kier alpha value is -3.67. The number of halogens is 3. The summed E-state index contributed by atoms with van der Waals surface area (Å²) in [7, 11) is 1.40. The number of ether oxygens (including phenoxy) is 2. The molecule has 3 aromatic rings. The first-order valence-electron chi connectivity index (χ1n) is 12.9. The predicted octanol–water partition coefficient (Wildman–Crippen LogP) is 3.97. The molecule has 9 nitrogen and oxygen atoms in total. The van der Waals surface area contributed by atoms with Gasteiger partial charge in [-0.25, -0.2) is 23.1 Å². The maximum atomic E-state index is 14.9. The summed E-state index contributed by atoms with van der Waals surface area (Å²) in [5, 5.41) is 2.74. The van der Waals surface area contributed by atoms with E-state index < -0.39 is 24.5 Å². The van der Waals surface area contributed by atoms with Gasteiger partial charge in [0.2, 0.25) is 5.91 Å². The molecule has 12 heteroatoms. The van der Waals surface area contributed by atoms with Crippen LogP contribution in [0, 0.1) is 12.8 Å². The van der Waals surface area contributed by atoms with Gasteiger partial charge in [-0.1, -0.05) is 0 Å². The molecule has 0 unspecified atom stereocenters. The van der Waals surface area contributed by atoms with Crippen molar-refractivity contribution >= 4 is 22.8 Å². The van der Waals surface area contributed by atoms with Crippen molar-refractivity contribution in [3.63, 3.8) is 0 Å². The second-order valence-electron chi connectivity index (χ2n) is 10.0. The average Bonchev–Trinajstić information content (AvgIpc) is 3.68. The number of likely N-dealkylation sites (tertiary alicyclic amines) is 1. The standard InChI is InChI=1S/C27H30F3N5O4/c1-14-22(27(37)34-19-7-8-35(10-18(19)28)21(36)12-38-2)24-25(33-14)23(31-13-32-24)17-9-16(26(29)30)5-6-20(17)39-11-15-3-4-15/h5-6,9,13,15,18-19,26,33H,3-4,7-8,10-12H2,1-2H3,(H,34,37)/t18-,19-/m1/s1. The number of hydrogen-bond donors (Lipinski definition) is 2. The van der Waals surface area contributed by atoms with Crippen molar-refractivity contribution in [2.24, 2.45) is 5.92 Å². The normalized spacial score (nSPS) is 19.5. The maximum Gasteiger partial charge on any atom is 0.263 e. The van der Waals surface area contributed by atoms with Crippen LogP contribution in [-0.4, -0.2) is 77.3 Å². The van der Waals surface area contributed by atoms with Crippen molar-refractivity contribution in [3.05, 3.63) is 41.3 Å². The molecule has 2 fully saturated rings. The van der Waals surface area contributed by atoms with E-state index in [0.29, 0.717) is 40.7 Å². The molecule has 39 heavy (non-hydrogen) atoms. The Labute approximate surface area is 223 Å². The SMILES string of the molecule is COCC(=O)N1CC[C@@H](NC(=O)c2c(C)[nH]c3c(-c4cc(C(F)F)ccc4OCC4CC4)ncnc23)[C@H](F)C1. The second kappa shape index (κ2) is 11.2. The minimum absolute atomic E-state index is 0.131. The first-order chi connectivity index (χ1) is 18.8. The van der Waals surface area contributed by atoms with Crippen molar-refractivity contribution < 1.29 is 32.2 Å². The van der Waals surface area contributed by atoms with Crippen LogP contribution in [0.2, 0.25) is 0 Å². The van der Waals surface area contributed by atoms with Gasteiger partial charge in [-0.2, -0.15) is 0 Å². The molecule has 1 saturated carbocycles. The molecule has 208 valence electrons. The molecule has 2 aromatic heterocycles. The third-order valence-corrected chi connectivity index (χ3v) is 7.16. The number of amides is 2. The summed E-state index contributed by atoms with van der Waals surface area (Å²) >= 11 is 0. The van der Waals surface area contributed by atoms with E-state index in [4.69, 9.17) is 9.47 Å². The number of piperidine rings is 1. The molecule has 5 rings (SSSR count). The lowest BCUT2D eigenvalue weighted by Crippen LogP contribution is -2.54. The van der Waals surface area contributed by atoms with E-state index in [0.717, 1.165) is 12.8 Å². The first-order valence-corrected chi connectivity index (χ1v) is 12.9. The van der Waals surface area contributed by atoms with Crippen LogP contribution in [0.15, 0.2) is 24.5 Å². The molecule has 1 aliphatic heterocycles. The van der Waals surface area contributed by atoms with Crippen LogP contribution in [0.25, 0.3) is 22.3 Å². The van der Waals surface area contributed by atoms with Gasteiger partial charge in [-0.05, 0) is 50.3 Å². The number of methoxy groups -OCH3 is 1. The number of aryl methyl sites for hydroxylation is 1. The zero-order chi connectivity index (χ0) is 27.7. The lowest BCUT2D eigenvalue weighted by atomic mass is 10.0. The molecular formula is C27H30F3N5O4. The van der Waals surface area contributed by atoms with Crippen molar-refractivity contribution in [3.8, 4) is 17.0 Å². The molecule has 0 bridgehead atoms. The number of H-pyrrole nitrogens is 1. The van der Waals surface area contributed by atoms with E-state index in [1.807, 2.05) is 0 Å². The van der Waals surface area contributed by atoms with E-state index in [-0.39, 0.29) is 48.7 Å². The minimum Gasteiger partial charge on any atom is -0.493 e. The van der Waals surface area contributed by atoms with Gasteiger partial charge in [-0.3, -0.25) is 9.59 Å². The third kappa shape index (κ3) is 5.70. The Morgan fingerprint density at radius 3 is 2.72 bits per heavy atom. The zero-order valence-electron chi connectivity index (χ0n) is 21.7. The number of aromatic nitrogens is 3. The molecule has 2 amide bonds. The quantitative estimate of drug-likeness (QED) is 0.421. The third-order valence-electron chi connectivity index (χ3n) is 7.16. The van der Waals surface area contributed by atoms with E-state index in [1.165, 1.54) is 36.5 Å². The van der Waals surface area contributed by atoms with Crippen LogP contribution in [0.5, 0.6) is 5.75 Å². The van der Waals surface area contributed by atoms with E-state index >= 15 is 0 Å². The van der Waals surface area contributed by atoms with Gasteiger partial charge in [0.1, 0.15) is 36.1 Å². The smallest absolute Gasteiger partial charge is 0.263 e. The molecule has 2 atom stereocenters. The van der Waals surface area contributed by atoms with Gasteiger partial charge in [0.25, 0.3) is 12.3 Å². The fraction of sp³-hybridized carbons (Fsp3) is 0.481. The fourth-order valence-electron chi connectivity index (χ4n) is 4.84. The first kappa shape index (κ1) is 26.9. The number of benzene rings is 1. The van der Waals surface area contributed by atoms with Gasteiger partial charge in [0, 0.05) is 30.5 Å². The van der Waals surface area contributed by atoms with Gasteiger partial charge < -0.3 is 24.7 Å². The number of carbonyl (C=O) groups is 2. The lowest BCUT2D eigenvalue weighted by Gasteiger charge is -2.35. The Morgan fingerprint density at radius 2 is 2.03 bits per heavy atom. The minimum atomic E-state index is -2.69. The van der Waals surface area contributed by atoms with E-state index in [1.54, 1.807) is 6.92 Å². The van der Waals surface area contributed by atoms with E-state index in [2.05, 4.69) is 20.3 Å². The van der Waals surface area contributed by atoms with Gasteiger partial charge in [0.15, 0.2) is 0 Å². The summed E-state index contributed by atoms with van der Waals surface area (Å²) < 4.78 is 52.9. The molecule has 2 N–H and O–H groups in total. The Bertz CT molecular complexity index is 1380. The Kier molecular flexibility index (Phi) is 7.74. The fourth-order valence-corrected chi connectivity index (χ4v) is 4.84. The highest BCUT2D eigenvalue weighted by Crippen LogP contribution is 2.38. The molecule has 0 spiro atoms. The van der Waals surface area contributed by atoms with Crippen molar-refractivity contribution in [1.82, 2.24) is 25.2 Å². The van der Waals surface area contributed by atoms with Gasteiger partial charge in [-0.15, -0.1) is 0 Å². The summed E-state index contributed by atoms with van der Waals surface area (Å²) in [6, 6.07) is 3.40. The zero-order valence-corrected chi connectivity index (χ0v) is 21.7. The van der Waals surface area contributed by atoms with Crippen LogP contribution < -0.4 is 10.1 Å². The van der Waals surface area contributed by atoms with Crippen LogP contribution in [0.1, 0.15) is 47.3 Å².